The maximum absolute atomic E-state index is 13.0. The molecule has 1 amide bonds. The Kier molecular flexibility index (Phi) is 5.24. The summed E-state index contributed by atoms with van der Waals surface area (Å²) in [7, 11) is 1.63. The van der Waals surface area contributed by atoms with E-state index in [-0.39, 0.29) is 11.9 Å². The average Bonchev–Trinajstić information content (AvgIpc) is 2.90. The molecule has 1 aliphatic rings. The van der Waals surface area contributed by atoms with Gasteiger partial charge in [0.05, 0.1) is 17.7 Å². The number of para-hydroxylation sites is 1. The monoisotopic (exact) mass is 352 g/mol. The van der Waals surface area contributed by atoms with E-state index in [0.717, 1.165) is 17.0 Å². The van der Waals surface area contributed by atoms with Crippen molar-refractivity contribution in [3.8, 4) is 5.75 Å². The summed E-state index contributed by atoms with van der Waals surface area (Å²) in [5, 5.41) is 0.709. The third-order valence-corrected chi connectivity index (χ3v) is 4.56. The number of rotatable bonds is 4. The Bertz CT molecular complexity index is 829. The molecule has 128 valence electrons. The average molecular weight is 352 g/mol. The number of carbonyl (C=O) groups is 1. The zero-order valence-electron chi connectivity index (χ0n) is 14.5. The Labute approximate surface area is 152 Å². The van der Waals surface area contributed by atoms with Gasteiger partial charge in [0, 0.05) is 6.04 Å². The molecule has 0 aromatic heterocycles. The van der Waals surface area contributed by atoms with Crippen LogP contribution < -0.4 is 9.64 Å². The normalized spacial score (nSPS) is 17.8. The molecule has 0 bridgehead atoms. The molecular formula is C20H20N2O2S. The van der Waals surface area contributed by atoms with E-state index in [2.05, 4.69) is 4.99 Å². The van der Waals surface area contributed by atoms with Crippen LogP contribution in [0.4, 0.5) is 5.69 Å². The van der Waals surface area contributed by atoms with Gasteiger partial charge in [-0.1, -0.05) is 30.3 Å². The number of benzene rings is 2. The van der Waals surface area contributed by atoms with Crippen molar-refractivity contribution in [3.05, 3.63) is 65.1 Å². The van der Waals surface area contributed by atoms with Crippen LogP contribution in [-0.2, 0) is 4.79 Å². The number of amidine groups is 1. The maximum atomic E-state index is 13.0. The lowest BCUT2D eigenvalue weighted by atomic mass is 10.2. The molecule has 0 unspecified atom stereocenters. The van der Waals surface area contributed by atoms with Crippen molar-refractivity contribution in [2.45, 2.75) is 19.9 Å². The topological polar surface area (TPSA) is 41.9 Å². The van der Waals surface area contributed by atoms with Gasteiger partial charge in [-0.15, -0.1) is 0 Å². The molecule has 4 nitrogen and oxygen atoms in total. The van der Waals surface area contributed by atoms with E-state index in [1.165, 1.54) is 11.8 Å². The first-order valence-electron chi connectivity index (χ1n) is 8.09. The lowest BCUT2D eigenvalue weighted by molar-refractivity contribution is -0.113. The van der Waals surface area contributed by atoms with Gasteiger partial charge in [-0.05, 0) is 61.5 Å². The summed E-state index contributed by atoms with van der Waals surface area (Å²) >= 11 is 1.41. The first kappa shape index (κ1) is 17.3. The molecule has 0 N–H and O–H groups in total. The fraction of sp³-hybridized carbons (Fsp3) is 0.200. The lowest BCUT2D eigenvalue weighted by Crippen LogP contribution is -2.29. The van der Waals surface area contributed by atoms with Gasteiger partial charge in [0.25, 0.3) is 5.91 Å². The number of hydrogen-bond acceptors (Lipinski definition) is 4. The van der Waals surface area contributed by atoms with Gasteiger partial charge in [-0.2, -0.15) is 0 Å². The Morgan fingerprint density at radius 1 is 1.12 bits per heavy atom. The number of carbonyl (C=O) groups excluding carboxylic acids is 1. The van der Waals surface area contributed by atoms with Crippen molar-refractivity contribution in [1.29, 1.82) is 0 Å². The zero-order valence-corrected chi connectivity index (χ0v) is 15.3. The Hall–Kier alpha value is -2.53. The molecule has 1 saturated heterocycles. The van der Waals surface area contributed by atoms with Crippen LogP contribution in [0, 0.1) is 0 Å². The summed E-state index contributed by atoms with van der Waals surface area (Å²) in [6, 6.07) is 17.4. The second-order valence-electron chi connectivity index (χ2n) is 5.87. The van der Waals surface area contributed by atoms with E-state index in [1.807, 2.05) is 74.5 Å². The number of thioether (sulfide) groups is 1. The van der Waals surface area contributed by atoms with Crippen molar-refractivity contribution in [3.63, 3.8) is 0 Å². The largest absolute Gasteiger partial charge is 0.497 e. The van der Waals surface area contributed by atoms with E-state index >= 15 is 0 Å². The third-order valence-electron chi connectivity index (χ3n) is 3.58. The Balaban J connectivity index is 2.00. The van der Waals surface area contributed by atoms with Crippen LogP contribution in [0.25, 0.3) is 6.08 Å². The van der Waals surface area contributed by atoms with Gasteiger partial charge >= 0.3 is 0 Å². The number of nitrogens with zero attached hydrogens (tertiary/aromatic N) is 2. The number of aliphatic imine (C=N–C) groups is 1. The summed E-state index contributed by atoms with van der Waals surface area (Å²) in [5.74, 6) is 0.708. The molecule has 0 radical (unpaired) electrons. The number of anilines is 1. The van der Waals surface area contributed by atoms with Gasteiger partial charge in [0.1, 0.15) is 5.75 Å². The molecule has 25 heavy (non-hydrogen) atoms. The van der Waals surface area contributed by atoms with Gasteiger partial charge in [0.2, 0.25) is 0 Å². The Morgan fingerprint density at radius 3 is 2.56 bits per heavy atom. The zero-order chi connectivity index (χ0) is 17.8. The first-order valence-corrected chi connectivity index (χ1v) is 8.91. The molecule has 3 rings (SSSR count). The second-order valence-corrected chi connectivity index (χ2v) is 6.88. The molecule has 0 saturated carbocycles. The van der Waals surface area contributed by atoms with Crippen LogP contribution in [0.3, 0.4) is 0 Å². The van der Waals surface area contributed by atoms with Gasteiger partial charge < -0.3 is 4.74 Å². The van der Waals surface area contributed by atoms with Crippen LogP contribution in [0.2, 0.25) is 0 Å². The quantitative estimate of drug-likeness (QED) is 0.756. The predicted molar refractivity (Wildman–Crippen MR) is 105 cm³/mol. The number of amides is 1. The minimum atomic E-state index is -0.0570. The molecule has 1 aliphatic heterocycles. The summed E-state index contributed by atoms with van der Waals surface area (Å²) in [4.78, 5) is 19.9. The molecule has 0 spiro atoms. The highest BCUT2D eigenvalue weighted by Gasteiger charge is 2.34. The van der Waals surface area contributed by atoms with Gasteiger partial charge in [0.15, 0.2) is 5.17 Å². The fourth-order valence-electron chi connectivity index (χ4n) is 2.47. The minimum absolute atomic E-state index is 0.0570. The van der Waals surface area contributed by atoms with Crippen LogP contribution in [-0.4, -0.2) is 24.2 Å². The van der Waals surface area contributed by atoms with E-state index in [0.29, 0.717) is 10.1 Å². The molecule has 2 aromatic rings. The van der Waals surface area contributed by atoms with E-state index in [4.69, 9.17) is 4.74 Å². The number of ether oxygens (including phenoxy) is 1. The second kappa shape index (κ2) is 7.57. The van der Waals surface area contributed by atoms with Crippen molar-refractivity contribution < 1.29 is 9.53 Å². The highest BCUT2D eigenvalue weighted by atomic mass is 32.2. The summed E-state index contributed by atoms with van der Waals surface area (Å²) in [6.45, 7) is 4.01. The Morgan fingerprint density at radius 2 is 1.88 bits per heavy atom. The van der Waals surface area contributed by atoms with Gasteiger partial charge in [-0.25, -0.2) is 0 Å². The van der Waals surface area contributed by atoms with Crippen LogP contribution in [0.1, 0.15) is 19.4 Å². The summed E-state index contributed by atoms with van der Waals surface area (Å²) in [5.41, 5.74) is 1.75. The molecule has 5 heteroatoms. The van der Waals surface area contributed by atoms with E-state index in [9.17, 15) is 4.79 Å². The third kappa shape index (κ3) is 3.94. The minimum Gasteiger partial charge on any atom is -0.497 e. The summed E-state index contributed by atoms with van der Waals surface area (Å²) in [6.07, 6.45) is 1.88. The molecule has 1 heterocycles. The molecule has 2 aromatic carbocycles. The predicted octanol–water partition coefficient (Wildman–Crippen LogP) is 4.58. The van der Waals surface area contributed by atoms with Gasteiger partial charge in [-0.3, -0.25) is 14.7 Å². The number of methoxy groups -OCH3 is 1. The molecule has 0 atom stereocenters. The van der Waals surface area contributed by atoms with Crippen LogP contribution in [0.5, 0.6) is 5.75 Å². The summed E-state index contributed by atoms with van der Waals surface area (Å²) < 4.78 is 5.26. The highest BCUT2D eigenvalue weighted by Crippen LogP contribution is 2.36. The molecule has 1 fully saturated rings. The maximum Gasteiger partial charge on any atom is 0.271 e. The smallest absolute Gasteiger partial charge is 0.271 e. The molecular weight excluding hydrogens is 332 g/mol. The number of hydrogen-bond donors (Lipinski definition) is 0. The fourth-order valence-corrected chi connectivity index (χ4v) is 3.58. The van der Waals surface area contributed by atoms with E-state index < -0.39 is 0 Å². The standard InChI is InChI=1S/C20H20N2O2S/c1-14(2)21-20-22(16-9-5-4-6-10-16)19(23)18(25-20)13-15-8-7-11-17(12-15)24-3/h4-14H,1-3H3/b18-13-,21-20?. The first-order chi connectivity index (χ1) is 12.1. The van der Waals surface area contributed by atoms with Crippen molar-refractivity contribution in [1.82, 2.24) is 0 Å². The van der Waals surface area contributed by atoms with Crippen LogP contribution >= 0.6 is 11.8 Å². The van der Waals surface area contributed by atoms with E-state index in [1.54, 1.807) is 12.0 Å². The molecule has 0 aliphatic carbocycles. The van der Waals surface area contributed by atoms with Crippen molar-refractivity contribution in [2.75, 3.05) is 12.0 Å². The highest BCUT2D eigenvalue weighted by molar-refractivity contribution is 8.19. The lowest BCUT2D eigenvalue weighted by Gasteiger charge is -2.16. The SMILES string of the molecule is COc1cccc(/C=C2\SC(=NC(C)C)N(c3ccccc3)C2=O)c1. The van der Waals surface area contributed by atoms with Crippen molar-refractivity contribution >= 4 is 34.6 Å². The van der Waals surface area contributed by atoms with Crippen LogP contribution in [0.15, 0.2) is 64.5 Å². The van der Waals surface area contributed by atoms with Crippen molar-refractivity contribution in [2.24, 2.45) is 4.99 Å².